The van der Waals surface area contributed by atoms with E-state index in [1.165, 1.54) is 6.07 Å². The van der Waals surface area contributed by atoms with E-state index in [0.29, 0.717) is 5.69 Å². The van der Waals surface area contributed by atoms with Gasteiger partial charge in [0.15, 0.2) is 0 Å². The van der Waals surface area contributed by atoms with Crippen LogP contribution in [-0.2, 0) is 19.7 Å². The largest absolute Gasteiger partial charge is 0.443 e. The maximum atomic E-state index is 12.4. The predicted octanol–water partition coefficient (Wildman–Crippen LogP) is 1.59. The van der Waals surface area contributed by atoms with E-state index in [2.05, 4.69) is 28.0 Å². The van der Waals surface area contributed by atoms with Crippen LogP contribution >= 0.6 is 22.6 Å². The first-order chi connectivity index (χ1) is 11.3. The molecule has 2 aromatic rings. The first-order valence-electron chi connectivity index (χ1n) is 6.46. The molecule has 2 N–H and O–H groups in total. The van der Waals surface area contributed by atoms with E-state index >= 15 is 0 Å². The van der Waals surface area contributed by atoms with Crippen LogP contribution < -0.4 is 10.4 Å². The van der Waals surface area contributed by atoms with Crippen molar-refractivity contribution in [1.29, 1.82) is 0 Å². The molecule has 0 aliphatic carbocycles. The van der Waals surface area contributed by atoms with Crippen LogP contribution in [0.2, 0.25) is 0 Å². The normalized spacial score (nSPS) is 16.8. The minimum absolute atomic E-state index is 0.0504. The van der Waals surface area contributed by atoms with E-state index in [1.807, 2.05) is 0 Å². The predicted molar refractivity (Wildman–Crippen MR) is 91.3 cm³/mol. The van der Waals surface area contributed by atoms with Crippen molar-refractivity contribution < 1.29 is 27.0 Å². The van der Waals surface area contributed by atoms with Gasteiger partial charge < -0.3 is 4.42 Å². The third-order valence-corrected chi connectivity index (χ3v) is 4.57. The summed E-state index contributed by atoms with van der Waals surface area (Å²) in [5.74, 6) is -1.31. The quantitative estimate of drug-likeness (QED) is 0.311. The fourth-order valence-electron chi connectivity index (χ4n) is 2.02. The molecule has 10 heteroatoms. The molecule has 3 rings (SSSR count). The number of hydrazine groups is 1. The average Bonchev–Trinajstić information content (AvgIpc) is 3.08. The lowest BCUT2D eigenvalue weighted by Gasteiger charge is -2.14. The lowest BCUT2D eigenvalue weighted by Crippen LogP contribution is -2.35. The summed E-state index contributed by atoms with van der Waals surface area (Å²) < 4.78 is 36.7. The zero-order chi connectivity index (χ0) is 17.5. The molecule has 1 aromatic carbocycles. The third kappa shape index (κ3) is 3.20. The van der Waals surface area contributed by atoms with Crippen LogP contribution in [-0.4, -0.2) is 24.8 Å². The number of anilines is 1. The van der Waals surface area contributed by atoms with E-state index < -0.39 is 27.0 Å². The molecular formula is C14H9IN2O6S. The number of hydrogen-bond acceptors (Lipinski definition) is 5. The van der Waals surface area contributed by atoms with Gasteiger partial charge in [-0.25, -0.2) is 5.01 Å². The number of amides is 2. The van der Waals surface area contributed by atoms with Gasteiger partial charge in [-0.2, -0.15) is 8.42 Å². The van der Waals surface area contributed by atoms with Crippen molar-refractivity contribution in [3.63, 3.8) is 0 Å². The van der Waals surface area contributed by atoms with E-state index in [-0.39, 0.29) is 11.3 Å². The van der Waals surface area contributed by atoms with Crippen molar-refractivity contribution in [3.8, 4) is 0 Å². The van der Waals surface area contributed by atoms with Crippen LogP contribution in [0.1, 0.15) is 5.76 Å². The van der Waals surface area contributed by atoms with E-state index in [0.717, 1.165) is 20.7 Å². The number of furan rings is 1. The number of halogens is 1. The molecule has 1 fully saturated rings. The lowest BCUT2D eigenvalue weighted by molar-refractivity contribution is -0.117. The molecule has 0 saturated carbocycles. The molecule has 1 saturated heterocycles. The Morgan fingerprint density at radius 1 is 1.12 bits per heavy atom. The van der Waals surface area contributed by atoms with Gasteiger partial charge in [0.25, 0.3) is 11.8 Å². The van der Waals surface area contributed by atoms with Crippen LogP contribution in [0.4, 0.5) is 5.69 Å². The number of nitrogens with zero attached hydrogens (tertiary/aromatic N) is 1. The second-order valence-corrected chi connectivity index (χ2v) is 7.35. The Balaban J connectivity index is 1.91. The summed E-state index contributed by atoms with van der Waals surface area (Å²) >= 11 is 2.11. The maximum Gasteiger partial charge on any atom is 0.328 e. The molecule has 1 aromatic heterocycles. The second-order valence-electron chi connectivity index (χ2n) is 4.75. The van der Waals surface area contributed by atoms with E-state index in [1.54, 1.807) is 24.3 Å². The van der Waals surface area contributed by atoms with E-state index in [4.69, 9.17) is 8.97 Å². The zero-order valence-electron chi connectivity index (χ0n) is 11.8. The molecule has 24 heavy (non-hydrogen) atoms. The fraction of sp³-hybridized carbons (Fsp3) is 0. The Bertz CT molecular complexity index is 961. The van der Waals surface area contributed by atoms with Gasteiger partial charge in [0, 0.05) is 3.57 Å². The zero-order valence-corrected chi connectivity index (χ0v) is 14.7. The number of nitrogens with one attached hydrogen (secondary N) is 1. The summed E-state index contributed by atoms with van der Waals surface area (Å²) in [6.07, 6.45) is 1.11. The van der Waals surface area contributed by atoms with Crippen molar-refractivity contribution in [2.24, 2.45) is 0 Å². The molecule has 8 nitrogen and oxygen atoms in total. The minimum atomic E-state index is -4.49. The van der Waals surface area contributed by atoms with Crippen molar-refractivity contribution in [3.05, 3.63) is 51.3 Å². The monoisotopic (exact) mass is 460 g/mol. The molecule has 0 unspecified atom stereocenters. The summed E-state index contributed by atoms with van der Waals surface area (Å²) in [5, 5.41) is 0.409. The summed E-state index contributed by atoms with van der Waals surface area (Å²) in [4.78, 5) is 24.4. The number of rotatable bonds is 3. The Labute approximate surface area is 150 Å². The molecule has 0 spiro atoms. The van der Waals surface area contributed by atoms with Crippen LogP contribution in [0.5, 0.6) is 0 Å². The number of carbonyl (C=O) groups is 2. The van der Waals surface area contributed by atoms with Crippen molar-refractivity contribution in [2.75, 3.05) is 5.01 Å². The molecule has 0 radical (unpaired) electrons. The van der Waals surface area contributed by atoms with Gasteiger partial charge in [-0.05, 0) is 65.1 Å². The van der Waals surface area contributed by atoms with Gasteiger partial charge in [0.05, 0.1) is 5.69 Å². The molecule has 1 aliphatic rings. The smallest absolute Gasteiger partial charge is 0.328 e. The van der Waals surface area contributed by atoms with Gasteiger partial charge >= 0.3 is 10.1 Å². The molecule has 2 heterocycles. The molecule has 1 aliphatic heterocycles. The van der Waals surface area contributed by atoms with Gasteiger partial charge in [-0.15, -0.1) is 0 Å². The third-order valence-electron chi connectivity index (χ3n) is 3.12. The summed E-state index contributed by atoms with van der Waals surface area (Å²) in [6, 6.07) is 9.16. The lowest BCUT2D eigenvalue weighted by atomic mass is 10.2. The van der Waals surface area contributed by atoms with Gasteiger partial charge in [-0.1, -0.05) is 0 Å². The molecule has 124 valence electrons. The van der Waals surface area contributed by atoms with Crippen LogP contribution in [0.25, 0.3) is 6.08 Å². The van der Waals surface area contributed by atoms with Crippen LogP contribution in [0.3, 0.4) is 0 Å². The SMILES string of the molecule is O=C1NN(c2ccc(I)cc2)C(=O)/C1=C/c1ccc(S(=O)(=O)O)o1. The highest BCUT2D eigenvalue weighted by Gasteiger charge is 2.34. The summed E-state index contributed by atoms with van der Waals surface area (Å²) in [7, 11) is -4.49. The van der Waals surface area contributed by atoms with Crippen LogP contribution in [0.15, 0.2) is 51.5 Å². The number of carbonyl (C=O) groups excluding carboxylic acids is 2. The highest BCUT2D eigenvalue weighted by molar-refractivity contribution is 14.1. The highest BCUT2D eigenvalue weighted by atomic mass is 127. The van der Waals surface area contributed by atoms with E-state index in [9.17, 15) is 18.0 Å². The van der Waals surface area contributed by atoms with Crippen molar-refractivity contribution in [2.45, 2.75) is 5.09 Å². The van der Waals surface area contributed by atoms with Gasteiger partial charge in [0.2, 0.25) is 5.09 Å². The molecule has 0 atom stereocenters. The maximum absolute atomic E-state index is 12.4. The Morgan fingerprint density at radius 2 is 1.79 bits per heavy atom. The van der Waals surface area contributed by atoms with Crippen molar-refractivity contribution in [1.82, 2.24) is 5.43 Å². The summed E-state index contributed by atoms with van der Waals surface area (Å²) in [6.45, 7) is 0. The Morgan fingerprint density at radius 3 is 2.38 bits per heavy atom. The number of hydrogen-bond donors (Lipinski definition) is 2. The Kier molecular flexibility index (Phi) is 4.19. The second kappa shape index (κ2) is 6.03. The minimum Gasteiger partial charge on any atom is -0.443 e. The van der Waals surface area contributed by atoms with Crippen LogP contribution in [0, 0.1) is 3.57 Å². The molecule has 2 amide bonds. The molecule has 0 bridgehead atoms. The first kappa shape index (κ1) is 16.7. The molecular weight excluding hydrogens is 451 g/mol. The fourth-order valence-corrected chi connectivity index (χ4v) is 2.82. The highest BCUT2D eigenvalue weighted by Crippen LogP contribution is 2.23. The average molecular weight is 460 g/mol. The van der Waals surface area contributed by atoms with Crippen molar-refractivity contribution >= 4 is 56.3 Å². The van der Waals surface area contributed by atoms with Gasteiger partial charge in [-0.3, -0.25) is 19.6 Å². The first-order valence-corrected chi connectivity index (χ1v) is 8.97. The Hall–Kier alpha value is -2.18. The standard InChI is InChI=1S/C14H9IN2O6S/c15-8-1-3-9(4-2-8)17-14(19)11(13(18)16-17)7-10-5-6-12(23-10)24(20,21)22/h1-7H,(H,16,18)(H,20,21,22)/b11-7+. The topological polar surface area (TPSA) is 117 Å². The number of benzene rings is 1. The summed E-state index contributed by atoms with van der Waals surface area (Å²) in [5.41, 5.74) is 2.68. The van der Waals surface area contributed by atoms with Gasteiger partial charge in [0.1, 0.15) is 11.3 Å².